The molecule has 1 aromatic carbocycles. The molecule has 0 amide bonds. The minimum atomic E-state index is -3.44. The van der Waals surface area contributed by atoms with Gasteiger partial charge in [0.25, 0.3) is 0 Å². The van der Waals surface area contributed by atoms with E-state index in [1.54, 1.807) is 0 Å². The summed E-state index contributed by atoms with van der Waals surface area (Å²) in [5.74, 6) is 0.262. The van der Waals surface area contributed by atoms with Gasteiger partial charge in [-0.2, -0.15) is 5.26 Å². The highest BCUT2D eigenvalue weighted by Crippen LogP contribution is 2.26. The van der Waals surface area contributed by atoms with Crippen molar-refractivity contribution in [3.05, 3.63) is 23.8 Å². The predicted molar refractivity (Wildman–Crippen MR) is 68.8 cm³/mol. The summed E-state index contributed by atoms with van der Waals surface area (Å²) in [5, 5.41) is 8.74. The molecule has 3 N–H and O–H groups in total. The topological polar surface area (TPSA) is 105 Å². The van der Waals surface area contributed by atoms with Crippen LogP contribution in [-0.4, -0.2) is 27.8 Å². The standard InChI is InChI=1S/C11H15N3O3S/c1-17-11-7-9(8-13)3-4-10(11)14-18(15,16)6-2-5-12/h3-4,7,14H,2,5-6,12H2,1H3. The van der Waals surface area contributed by atoms with E-state index in [1.807, 2.05) is 6.07 Å². The van der Waals surface area contributed by atoms with Crippen molar-refractivity contribution in [3.8, 4) is 11.8 Å². The third kappa shape index (κ3) is 3.91. The highest BCUT2D eigenvalue weighted by atomic mass is 32.2. The van der Waals surface area contributed by atoms with Crippen LogP contribution in [0.4, 0.5) is 5.69 Å². The Morgan fingerprint density at radius 3 is 2.78 bits per heavy atom. The smallest absolute Gasteiger partial charge is 0.232 e. The molecule has 98 valence electrons. The van der Waals surface area contributed by atoms with Gasteiger partial charge >= 0.3 is 0 Å². The zero-order valence-electron chi connectivity index (χ0n) is 10.0. The van der Waals surface area contributed by atoms with Crippen LogP contribution < -0.4 is 15.2 Å². The van der Waals surface area contributed by atoms with E-state index in [4.69, 9.17) is 15.7 Å². The van der Waals surface area contributed by atoms with Gasteiger partial charge < -0.3 is 10.5 Å². The molecular weight excluding hydrogens is 254 g/mol. The molecule has 0 aliphatic rings. The van der Waals surface area contributed by atoms with Crippen LogP contribution in [0, 0.1) is 11.3 Å². The summed E-state index contributed by atoms with van der Waals surface area (Å²) < 4.78 is 30.8. The number of nitriles is 1. The maximum atomic E-state index is 11.7. The monoisotopic (exact) mass is 269 g/mol. The molecule has 0 saturated heterocycles. The van der Waals surface area contributed by atoms with Gasteiger partial charge in [0.2, 0.25) is 10.0 Å². The fourth-order valence-corrected chi connectivity index (χ4v) is 2.49. The Morgan fingerprint density at radius 2 is 2.22 bits per heavy atom. The van der Waals surface area contributed by atoms with Crippen LogP contribution in [0.2, 0.25) is 0 Å². The van der Waals surface area contributed by atoms with Crippen molar-refractivity contribution in [2.75, 3.05) is 24.1 Å². The Balaban J connectivity index is 2.94. The van der Waals surface area contributed by atoms with Crippen molar-refractivity contribution in [2.45, 2.75) is 6.42 Å². The average Bonchev–Trinajstić information content (AvgIpc) is 2.36. The third-order valence-electron chi connectivity index (χ3n) is 2.21. The molecule has 1 rings (SSSR count). The minimum absolute atomic E-state index is 0.0490. The summed E-state index contributed by atoms with van der Waals surface area (Å²) in [4.78, 5) is 0. The SMILES string of the molecule is COc1cc(C#N)ccc1NS(=O)(=O)CCCN. The molecule has 0 aliphatic heterocycles. The predicted octanol–water partition coefficient (Wildman–Crippen LogP) is 0.657. The van der Waals surface area contributed by atoms with Crippen molar-refractivity contribution in [1.82, 2.24) is 0 Å². The average molecular weight is 269 g/mol. The molecule has 0 aromatic heterocycles. The molecule has 0 unspecified atom stereocenters. The van der Waals surface area contributed by atoms with Gasteiger partial charge in [-0.15, -0.1) is 0 Å². The number of nitrogens with zero attached hydrogens (tertiary/aromatic N) is 1. The first-order valence-electron chi connectivity index (χ1n) is 5.31. The van der Waals surface area contributed by atoms with Gasteiger partial charge in [-0.25, -0.2) is 8.42 Å². The Morgan fingerprint density at radius 1 is 1.50 bits per heavy atom. The zero-order chi connectivity index (χ0) is 13.6. The lowest BCUT2D eigenvalue weighted by Crippen LogP contribution is -2.19. The van der Waals surface area contributed by atoms with Crippen LogP contribution in [0.15, 0.2) is 18.2 Å². The van der Waals surface area contributed by atoms with Crippen LogP contribution >= 0.6 is 0 Å². The Kier molecular flexibility index (Phi) is 4.95. The molecule has 6 nitrogen and oxygen atoms in total. The zero-order valence-corrected chi connectivity index (χ0v) is 10.8. The lowest BCUT2D eigenvalue weighted by atomic mass is 10.2. The van der Waals surface area contributed by atoms with Crippen LogP contribution in [0.5, 0.6) is 5.75 Å². The first-order valence-corrected chi connectivity index (χ1v) is 6.96. The fraction of sp³-hybridized carbons (Fsp3) is 0.364. The molecule has 0 aliphatic carbocycles. The van der Waals surface area contributed by atoms with Gasteiger partial charge in [-0.3, -0.25) is 4.72 Å². The number of benzene rings is 1. The Labute approximate surface area is 106 Å². The van der Waals surface area contributed by atoms with E-state index in [0.717, 1.165) is 0 Å². The largest absolute Gasteiger partial charge is 0.495 e. The second-order valence-corrected chi connectivity index (χ2v) is 5.43. The maximum Gasteiger partial charge on any atom is 0.232 e. The van der Waals surface area contributed by atoms with Crippen LogP contribution in [-0.2, 0) is 10.0 Å². The van der Waals surface area contributed by atoms with Gasteiger partial charge in [0.15, 0.2) is 0 Å². The number of nitrogens with two attached hydrogens (primary N) is 1. The van der Waals surface area contributed by atoms with E-state index in [9.17, 15) is 8.42 Å². The third-order valence-corrected chi connectivity index (χ3v) is 3.57. The van der Waals surface area contributed by atoms with Crippen molar-refractivity contribution in [3.63, 3.8) is 0 Å². The van der Waals surface area contributed by atoms with Gasteiger partial charge in [0.05, 0.1) is 30.2 Å². The van der Waals surface area contributed by atoms with Gasteiger partial charge in [0.1, 0.15) is 5.75 Å². The van der Waals surface area contributed by atoms with E-state index in [1.165, 1.54) is 25.3 Å². The molecule has 0 spiro atoms. The molecule has 1 aromatic rings. The van der Waals surface area contributed by atoms with Gasteiger partial charge in [0, 0.05) is 6.07 Å². The fourth-order valence-electron chi connectivity index (χ4n) is 1.34. The second kappa shape index (κ2) is 6.23. The van der Waals surface area contributed by atoms with Crippen molar-refractivity contribution >= 4 is 15.7 Å². The first kappa shape index (κ1) is 14.3. The summed E-state index contributed by atoms with van der Waals surface area (Å²) >= 11 is 0. The van der Waals surface area contributed by atoms with Gasteiger partial charge in [-0.05, 0) is 25.1 Å². The molecule has 0 atom stereocenters. The lowest BCUT2D eigenvalue weighted by Gasteiger charge is -2.11. The number of methoxy groups -OCH3 is 1. The number of nitrogens with one attached hydrogen (secondary N) is 1. The number of hydrogen-bond acceptors (Lipinski definition) is 5. The van der Waals surface area contributed by atoms with E-state index in [-0.39, 0.29) is 5.75 Å². The molecule has 18 heavy (non-hydrogen) atoms. The first-order chi connectivity index (χ1) is 8.52. The van der Waals surface area contributed by atoms with Crippen molar-refractivity contribution in [1.29, 1.82) is 5.26 Å². The quantitative estimate of drug-likeness (QED) is 0.789. The summed E-state index contributed by atoms with van der Waals surface area (Å²) in [5.41, 5.74) is 5.98. The molecule has 0 heterocycles. The number of sulfonamides is 1. The maximum absolute atomic E-state index is 11.7. The molecule has 0 bridgehead atoms. The van der Waals surface area contributed by atoms with Crippen molar-refractivity contribution < 1.29 is 13.2 Å². The number of hydrogen-bond donors (Lipinski definition) is 2. The lowest BCUT2D eigenvalue weighted by molar-refractivity contribution is 0.416. The van der Waals surface area contributed by atoms with E-state index < -0.39 is 10.0 Å². The van der Waals surface area contributed by atoms with E-state index in [0.29, 0.717) is 30.0 Å². The van der Waals surface area contributed by atoms with E-state index >= 15 is 0 Å². The van der Waals surface area contributed by atoms with Crippen LogP contribution in [0.3, 0.4) is 0 Å². The summed E-state index contributed by atoms with van der Waals surface area (Å²) in [6, 6.07) is 6.44. The molecular formula is C11H15N3O3S. The van der Waals surface area contributed by atoms with Crippen molar-refractivity contribution in [2.24, 2.45) is 5.73 Å². The number of ether oxygens (including phenoxy) is 1. The number of anilines is 1. The summed E-state index contributed by atoms with van der Waals surface area (Å²) in [7, 11) is -2.03. The summed E-state index contributed by atoms with van der Waals surface area (Å²) in [6.45, 7) is 0.311. The highest BCUT2D eigenvalue weighted by Gasteiger charge is 2.13. The second-order valence-electron chi connectivity index (χ2n) is 3.59. The molecule has 0 radical (unpaired) electrons. The Hall–Kier alpha value is -1.78. The van der Waals surface area contributed by atoms with Gasteiger partial charge in [-0.1, -0.05) is 0 Å². The highest BCUT2D eigenvalue weighted by molar-refractivity contribution is 7.92. The normalized spacial score (nSPS) is 10.7. The number of rotatable bonds is 6. The summed E-state index contributed by atoms with van der Waals surface area (Å²) in [6.07, 6.45) is 0.383. The molecule has 0 saturated carbocycles. The van der Waals surface area contributed by atoms with Crippen LogP contribution in [0.25, 0.3) is 0 Å². The molecule has 0 fully saturated rings. The molecule has 7 heteroatoms. The van der Waals surface area contributed by atoms with Crippen LogP contribution in [0.1, 0.15) is 12.0 Å². The Bertz CT molecular complexity index is 549. The van der Waals surface area contributed by atoms with E-state index in [2.05, 4.69) is 4.72 Å². The minimum Gasteiger partial charge on any atom is -0.495 e.